The summed E-state index contributed by atoms with van der Waals surface area (Å²) in [6.07, 6.45) is 0.965. The van der Waals surface area contributed by atoms with Gasteiger partial charge in [-0.1, -0.05) is 18.2 Å². The Bertz CT molecular complexity index is 858. The Labute approximate surface area is 138 Å². The number of fused-ring (bicyclic) bond motifs is 2. The molecule has 1 amide bonds. The van der Waals surface area contributed by atoms with Gasteiger partial charge in [0, 0.05) is 23.4 Å². The average molecular weight is 323 g/mol. The number of pyridine rings is 1. The first-order valence-corrected chi connectivity index (χ1v) is 8.60. The van der Waals surface area contributed by atoms with Crippen LogP contribution in [0.4, 0.5) is 5.82 Å². The van der Waals surface area contributed by atoms with Crippen molar-refractivity contribution < 1.29 is 4.79 Å². The van der Waals surface area contributed by atoms with Gasteiger partial charge in [0.25, 0.3) is 0 Å². The molecule has 1 aliphatic rings. The summed E-state index contributed by atoms with van der Waals surface area (Å²) in [6, 6.07) is 14.0. The Morgan fingerprint density at radius 3 is 3.09 bits per heavy atom. The van der Waals surface area contributed by atoms with Gasteiger partial charge in [-0.25, -0.2) is 4.98 Å². The van der Waals surface area contributed by atoms with Gasteiger partial charge < -0.3 is 10.2 Å². The molecule has 116 valence electrons. The van der Waals surface area contributed by atoms with E-state index in [0.717, 1.165) is 36.2 Å². The summed E-state index contributed by atoms with van der Waals surface area (Å²) in [5.41, 5.74) is 2.23. The van der Waals surface area contributed by atoms with Crippen molar-refractivity contribution in [1.82, 2.24) is 9.88 Å². The molecule has 4 nitrogen and oxygen atoms in total. The third-order valence-electron chi connectivity index (χ3n) is 4.18. The zero-order valence-electron chi connectivity index (χ0n) is 12.7. The Morgan fingerprint density at radius 1 is 1.22 bits per heavy atom. The molecule has 0 radical (unpaired) electrons. The third-order valence-corrected chi connectivity index (χ3v) is 5.20. The Morgan fingerprint density at radius 2 is 2.13 bits per heavy atom. The molecular weight excluding hydrogens is 306 g/mol. The third kappa shape index (κ3) is 2.92. The van der Waals surface area contributed by atoms with E-state index in [0.29, 0.717) is 0 Å². The number of amides is 1. The summed E-state index contributed by atoms with van der Waals surface area (Å²) in [7, 11) is 0. The van der Waals surface area contributed by atoms with Gasteiger partial charge >= 0.3 is 0 Å². The summed E-state index contributed by atoms with van der Waals surface area (Å²) in [5, 5.41) is 6.36. The summed E-state index contributed by atoms with van der Waals surface area (Å²) < 4.78 is 0. The van der Waals surface area contributed by atoms with Gasteiger partial charge in [0.15, 0.2) is 0 Å². The number of carbonyl (C=O) groups excluding carboxylic acids is 1. The van der Waals surface area contributed by atoms with Crippen molar-refractivity contribution in [3.63, 3.8) is 0 Å². The van der Waals surface area contributed by atoms with Gasteiger partial charge in [0.1, 0.15) is 5.82 Å². The molecule has 0 bridgehead atoms. The lowest BCUT2D eigenvalue weighted by Crippen LogP contribution is -2.38. The van der Waals surface area contributed by atoms with Gasteiger partial charge in [-0.3, -0.25) is 4.79 Å². The van der Waals surface area contributed by atoms with Gasteiger partial charge in [0.05, 0.1) is 12.1 Å². The molecular formula is C18H17N3OS. The highest BCUT2D eigenvalue weighted by molar-refractivity contribution is 7.10. The SMILES string of the molecule is O=C(CNc1ccc2ccccc2n1)N1CCc2sccc2C1. The molecule has 0 atom stereocenters. The van der Waals surface area contributed by atoms with Gasteiger partial charge in [-0.2, -0.15) is 0 Å². The first-order valence-electron chi connectivity index (χ1n) is 7.72. The van der Waals surface area contributed by atoms with Gasteiger partial charge in [-0.15, -0.1) is 11.3 Å². The van der Waals surface area contributed by atoms with Crippen LogP contribution >= 0.6 is 11.3 Å². The zero-order chi connectivity index (χ0) is 15.6. The van der Waals surface area contributed by atoms with Crippen LogP contribution in [0, 0.1) is 0 Å². The van der Waals surface area contributed by atoms with Crippen molar-refractivity contribution >= 4 is 34.0 Å². The molecule has 3 aromatic rings. The standard InChI is InChI=1S/C18H17N3OS/c22-18(21-9-7-16-14(12-21)8-10-23-16)11-19-17-6-5-13-3-1-2-4-15(13)20-17/h1-6,8,10H,7,9,11-12H2,(H,19,20). The van der Waals surface area contributed by atoms with E-state index in [4.69, 9.17) is 0 Å². The van der Waals surface area contributed by atoms with E-state index in [-0.39, 0.29) is 12.5 Å². The number of nitrogens with one attached hydrogen (secondary N) is 1. The highest BCUT2D eigenvalue weighted by atomic mass is 32.1. The van der Waals surface area contributed by atoms with E-state index in [1.807, 2.05) is 41.3 Å². The maximum absolute atomic E-state index is 12.4. The normalized spacial score (nSPS) is 13.8. The molecule has 5 heteroatoms. The fourth-order valence-electron chi connectivity index (χ4n) is 2.90. The Hall–Kier alpha value is -2.40. The van der Waals surface area contributed by atoms with Crippen molar-refractivity contribution in [2.45, 2.75) is 13.0 Å². The number of aromatic nitrogens is 1. The quantitative estimate of drug-likeness (QED) is 0.804. The molecule has 0 unspecified atom stereocenters. The molecule has 23 heavy (non-hydrogen) atoms. The van der Waals surface area contributed by atoms with E-state index in [1.165, 1.54) is 10.4 Å². The summed E-state index contributed by atoms with van der Waals surface area (Å²) in [5.74, 6) is 0.863. The molecule has 0 saturated carbocycles. The molecule has 1 aliphatic heterocycles. The number of carbonyl (C=O) groups is 1. The highest BCUT2D eigenvalue weighted by Gasteiger charge is 2.21. The van der Waals surface area contributed by atoms with Crippen LogP contribution in [0.1, 0.15) is 10.4 Å². The zero-order valence-corrected chi connectivity index (χ0v) is 13.5. The lowest BCUT2D eigenvalue weighted by molar-refractivity contribution is -0.130. The first-order chi connectivity index (χ1) is 11.3. The average Bonchev–Trinajstić information content (AvgIpc) is 3.07. The van der Waals surface area contributed by atoms with Crippen LogP contribution < -0.4 is 5.32 Å². The number of anilines is 1. The van der Waals surface area contributed by atoms with Crippen molar-refractivity contribution in [2.24, 2.45) is 0 Å². The molecule has 3 heterocycles. The molecule has 2 aromatic heterocycles. The molecule has 1 N–H and O–H groups in total. The molecule has 4 rings (SSSR count). The minimum Gasteiger partial charge on any atom is -0.361 e. The second-order valence-corrected chi connectivity index (χ2v) is 6.68. The Balaban J connectivity index is 1.41. The highest BCUT2D eigenvalue weighted by Crippen LogP contribution is 2.24. The Kier molecular flexibility index (Phi) is 3.71. The fraction of sp³-hybridized carbons (Fsp3) is 0.222. The summed E-state index contributed by atoms with van der Waals surface area (Å²) in [4.78, 5) is 20.3. The largest absolute Gasteiger partial charge is 0.361 e. The van der Waals surface area contributed by atoms with E-state index >= 15 is 0 Å². The smallest absolute Gasteiger partial charge is 0.242 e. The lowest BCUT2D eigenvalue weighted by Gasteiger charge is -2.27. The van der Waals surface area contributed by atoms with E-state index in [2.05, 4.69) is 21.7 Å². The lowest BCUT2D eigenvalue weighted by atomic mass is 10.1. The van der Waals surface area contributed by atoms with Gasteiger partial charge in [-0.05, 0) is 41.6 Å². The molecule has 0 saturated heterocycles. The number of nitrogens with zero attached hydrogens (tertiary/aromatic N) is 2. The topological polar surface area (TPSA) is 45.2 Å². The van der Waals surface area contributed by atoms with E-state index in [1.54, 1.807) is 11.3 Å². The predicted molar refractivity (Wildman–Crippen MR) is 93.7 cm³/mol. The second kappa shape index (κ2) is 6.01. The second-order valence-electron chi connectivity index (χ2n) is 5.68. The van der Waals surface area contributed by atoms with Crippen molar-refractivity contribution in [3.8, 4) is 0 Å². The number of benzene rings is 1. The monoisotopic (exact) mass is 323 g/mol. The fourth-order valence-corrected chi connectivity index (χ4v) is 3.79. The van der Waals surface area contributed by atoms with Crippen molar-refractivity contribution in [3.05, 3.63) is 58.3 Å². The summed E-state index contributed by atoms with van der Waals surface area (Å²) >= 11 is 1.79. The van der Waals surface area contributed by atoms with Crippen LogP contribution in [0.3, 0.4) is 0 Å². The molecule has 0 aliphatic carbocycles. The molecule has 0 fully saturated rings. The van der Waals surface area contributed by atoms with Crippen molar-refractivity contribution in [2.75, 3.05) is 18.4 Å². The van der Waals surface area contributed by atoms with Crippen LogP contribution in [0.15, 0.2) is 47.8 Å². The van der Waals surface area contributed by atoms with Crippen LogP contribution in [-0.2, 0) is 17.8 Å². The van der Waals surface area contributed by atoms with Crippen LogP contribution in [-0.4, -0.2) is 28.9 Å². The minimum absolute atomic E-state index is 0.122. The number of hydrogen-bond acceptors (Lipinski definition) is 4. The minimum atomic E-state index is 0.122. The first kappa shape index (κ1) is 14.2. The number of para-hydroxylation sites is 1. The van der Waals surface area contributed by atoms with Crippen LogP contribution in [0.25, 0.3) is 10.9 Å². The van der Waals surface area contributed by atoms with Crippen molar-refractivity contribution in [1.29, 1.82) is 0 Å². The number of hydrogen-bond donors (Lipinski definition) is 1. The van der Waals surface area contributed by atoms with Gasteiger partial charge in [0.2, 0.25) is 5.91 Å². The van der Waals surface area contributed by atoms with E-state index < -0.39 is 0 Å². The number of rotatable bonds is 3. The maximum atomic E-state index is 12.4. The van der Waals surface area contributed by atoms with E-state index in [9.17, 15) is 4.79 Å². The predicted octanol–water partition coefficient (Wildman–Crippen LogP) is 3.29. The molecule has 1 aromatic carbocycles. The number of thiophene rings is 1. The van der Waals surface area contributed by atoms with Crippen LogP contribution in [0.2, 0.25) is 0 Å². The molecule has 0 spiro atoms. The maximum Gasteiger partial charge on any atom is 0.242 e. The van der Waals surface area contributed by atoms with Crippen LogP contribution in [0.5, 0.6) is 0 Å². The summed E-state index contributed by atoms with van der Waals surface area (Å²) in [6.45, 7) is 1.81.